The summed E-state index contributed by atoms with van der Waals surface area (Å²) in [6.45, 7) is 1.69. The summed E-state index contributed by atoms with van der Waals surface area (Å²) in [7, 11) is 0. The summed E-state index contributed by atoms with van der Waals surface area (Å²) in [4.78, 5) is 22.6. The summed E-state index contributed by atoms with van der Waals surface area (Å²) in [6.07, 6.45) is 0. The second kappa shape index (κ2) is 5.70. The van der Waals surface area contributed by atoms with Gasteiger partial charge in [-0.25, -0.2) is 13.6 Å². The molecule has 2 N–H and O–H groups in total. The Balaban J connectivity index is 2.23. The van der Waals surface area contributed by atoms with E-state index >= 15 is 0 Å². The van der Waals surface area contributed by atoms with Crippen LogP contribution in [0.2, 0.25) is 0 Å². The Morgan fingerprint density at radius 1 is 1.00 bits per heavy atom. The number of nitrogens with one attached hydrogen (secondary N) is 1. The first-order chi connectivity index (χ1) is 9.88. The average Bonchev–Trinajstić information content (AvgIpc) is 2.37. The molecule has 0 aliphatic carbocycles. The van der Waals surface area contributed by atoms with Crippen LogP contribution in [0.25, 0.3) is 0 Å². The van der Waals surface area contributed by atoms with Gasteiger partial charge in [0.05, 0.1) is 11.1 Å². The van der Waals surface area contributed by atoms with Crippen LogP contribution in [0.1, 0.15) is 26.3 Å². The van der Waals surface area contributed by atoms with E-state index in [1.54, 1.807) is 13.0 Å². The Morgan fingerprint density at radius 3 is 2.19 bits per heavy atom. The smallest absolute Gasteiger partial charge is 0.338 e. The number of aryl methyl sites for hydroxylation is 1. The van der Waals surface area contributed by atoms with Crippen LogP contribution in [-0.2, 0) is 0 Å². The number of carbonyl (C=O) groups is 2. The second-order valence-corrected chi connectivity index (χ2v) is 4.44. The molecule has 0 saturated carbocycles. The second-order valence-electron chi connectivity index (χ2n) is 4.44. The van der Waals surface area contributed by atoms with Crippen LogP contribution in [0.15, 0.2) is 36.4 Å². The lowest BCUT2D eigenvalue weighted by atomic mass is 10.1. The quantitative estimate of drug-likeness (QED) is 0.912. The van der Waals surface area contributed by atoms with E-state index < -0.39 is 29.1 Å². The van der Waals surface area contributed by atoms with Crippen LogP contribution >= 0.6 is 0 Å². The highest BCUT2D eigenvalue weighted by atomic mass is 19.1. The van der Waals surface area contributed by atoms with Crippen molar-refractivity contribution in [2.24, 2.45) is 0 Å². The van der Waals surface area contributed by atoms with Crippen LogP contribution in [0.4, 0.5) is 14.5 Å². The van der Waals surface area contributed by atoms with Gasteiger partial charge in [0.1, 0.15) is 11.6 Å². The summed E-state index contributed by atoms with van der Waals surface area (Å²) < 4.78 is 27.1. The lowest BCUT2D eigenvalue weighted by molar-refractivity contribution is 0.0691. The predicted molar refractivity (Wildman–Crippen MR) is 72.4 cm³/mol. The molecule has 21 heavy (non-hydrogen) atoms. The summed E-state index contributed by atoms with van der Waals surface area (Å²) in [5.74, 6) is -3.82. The molecule has 0 atom stereocenters. The van der Waals surface area contributed by atoms with Crippen molar-refractivity contribution in [2.75, 3.05) is 5.32 Å². The van der Waals surface area contributed by atoms with E-state index in [9.17, 15) is 18.4 Å². The zero-order valence-corrected chi connectivity index (χ0v) is 11.0. The number of carboxylic acid groups (broad SMARTS) is 1. The zero-order valence-electron chi connectivity index (χ0n) is 11.0. The SMILES string of the molecule is Cc1ccc(C(=O)Nc2ccc(C(=O)O)c(F)c2)c(F)c1. The lowest BCUT2D eigenvalue weighted by Gasteiger charge is -2.07. The first kappa shape index (κ1) is 14.6. The highest BCUT2D eigenvalue weighted by Gasteiger charge is 2.14. The van der Waals surface area contributed by atoms with Crippen molar-refractivity contribution in [2.45, 2.75) is 6.92 Å². The van der Waals surface area contributed by atoms with Crippen LogP contribution in [-0.4, -0.2) is 17.0 Å². The fourth-order valence-corrected chi connectivity index (χ4v) is 1.77. The fraction of sp³-hybridized carbons (Fsp3) is 0.0667. The normalized spacial score (nSPS) is 10.2. The van der Waals surface area contributed by atoms with Crippen LogP contribution < -0.4 is 5.32 Å². The van der Waals surface area contributed by atoms with E-state index in [0.717, 1.165) is 12.1 Å². The van der Waals surface area contributed by atoms with E-state index in [1.165, 1.54) is 18.2 Å². The molecule has 0 aliphatic rings. The van der Waals surface area contributed by atoms with E-state index in [1.807, 2.05) is 0 Å². The van der Waals surface area contributed by atoms with Crippen molar-refractivity contribution in [1.29, 1.82) is 0 Å². The maximum Gasteiger partial charge on any atom is 0.338 e. The number of anilines is 1. The van der Waals surface area contributed by atoms with Gasteiger partial charge in [-0.2, -0.15) is 0 Å². The molecule has 0 unspecified atom stereocenters. The van der Waals surface area contributed by atoms with Crippen molar-refractivity contribution in [3.05, 3.63) is 64.7 Å². The van der Waals surface area contributed by atoms with Gasteiger partial charge in [-0.05, 0) is 42.8 Å². The Bertz CT molecular complexity index is 729. The molecule has 0 spiro atoms. The molecular formula is C15H11F2NO3. The number of carboxylic acids is 1. The van der Waals surface area contributed by atoms with E-state index in [4.69, 9.17) is 5.11 Å². The van der Waals surface area contributed by atoms with E-state index in [2.05, 4.69) is 5.32 Å². The number of hydrogen-bond acceptors (Lipinski definition) is 2. The molecule has 4 nitrogen and oxygen atoms in total. The maximum absolute atomic E-state index is 13.6. The largest absolute Gasteiger partial charge is 0.478 e. The zero-order chi connectivity index (χ0) is 15.6. The molecule has 2 rings (SSSR count). The minimum atomic E-state index is -1.41. The maximum atomic E-state index is 13.6. The Hall–Kier alpha value is -2.76. The number of benzene rings is 2. The van der Waals surface area contributed by atoms with Crippen LogP contribution in [0.5, 0.6) is 0 Å². The molecule has 0 heterocycles. The summed E-state index contributed by atoms with van der Waals surface area (Å²) in [6, 6.07) is 7.24. The van der Waals surface area contributed by atoms with E-state index in [0.29, 0.717) is 5.56 Å². The molecular weight excluding hydrogens is 280 g/mol. The van der Waals surface area contributed by atoms with Gasteiger partial charge in [-0.3, -0.25) is 4.79 Å². The molecule has 0 aromatic heterocycles. The van der Waals surface area contributed by atoms with Crippen LogP contribution in [0.3, 0.4) is 0 Å². The van der Waals surface area contributed by atoms with Gasteiger partial charge in [0.15, 0.2) is 0 Å². The number of aromatic carboxylic acids is 1. The van der Waals surface area contributed by atoms with Crippen molar-refractivity contribution in [3.63, 3.8) is 0 Å². The summed E-state index contributed by atoms with van der Waals surface area (Å²) in [5.41, 5.74) is 0.0289. The molecule has 0 radical (unpaired) electrons. The van der Waals surface area contributed by atoms with Gasteiger partial charge in [-0.1, -0.05) is 6.07 Å². The Labute approximate surface area is 119 Å². The number of rotatable bonds is 3. The van der Waals surface area contributed by atoms with Crippen molar-refractivity contribution >= 4 is 17.6 Å². The molecule has 1 amide bonds. The number of carbonyl (C=O) groups excluding carboxylic acids is 1. The minimum Gasteiger partial charge on any atom is -0.478 e. The van der Waals surface area contributed by atoms with Crippen molar-refractivity contribution in [3.8, 4) is 0 Å². The molecule has 108 valence electrons. The highest BCUT2D eigenvalue weighted by molar-refractivity contribution is 6.04. The number of amides is 1. The molecule has 6 heteroatoms. The minimum absolute atomic E-state index is 0.0440. The molecule has 2 aromatic rings. The molecule has 0 saturated heterocycles. The summed E-state index contributed by atoms with van der Waals surface area (Å²) >= 11 is 0. The highest BCUT2D eigenvalue weighted by Crippen LogP contribution is 2.17. The fourth-order valence-electron chi connectivity index (χ4n) is 1.77. The molecule has 0 fully saturated rings. The molecule has 2 aromatic carbocycles. The van der Waals surface area contributed by atoms with Crippen molar-refractivity contribution in [1.82, 2.24) is 0 Å². The third kappa shape index (κ3) is 3.22. The van der Waals surface area contributed by atoms with Crippen LogP contribution in [0, 0.1) is 18.6 Å². The van der Waals surface area contributed by atoms with Crippen molar-refractivity contribution < 1.29 is 23.5 Å². The third-order valence-corrected chi connectivity index (χ3v) is 2.83. The van der Waals surface area contributed by atoms with Gasteiger partial charge >= 0.3 is 5.97 Å². The Kier molecular flexibility index (Phi) is 3.98. The summed E-state index contributed by atoms with van der Waals surface area (Å²) in [5, 5.41) is 11.0. The van der Waals surface area contributed by atoms with Gasteiger partial charge in [-0.15, -0.1) is 0 Å². The van der Waals surface area contributed by atoms with E-state index in [-0.39, 0.29) is 11.3 Å². The number of halogens is 2. The first-order valence-corrected chi connectivity index (χ1v) is 5.99. The third-order valence-electron chi connectivity index (χ3n) is 2.83. The number of hydrogen-bond donors (Lipinski definition) is 2. The monoisotopic (exact) mass is 291 g/mol. The topological polar surface area (TPSA) is 66.4 Å². The van der Waals surface area contributed by atoms with Gasteiger partial charge in [0.2, 0.25) is 0 Å². The first-order valence-electron chi connectivity index (χ1n) is 5.99. The Morgan fingerprint density at radius 2 is 1.62 bits per heavy atom. The van der Waals surface area contributed by atoms with Gasteiger partial charge < -0.3 is 10.4 Å². The van der Waals surface area contributed by atoms with Gasteiger partial charge in [0.25, 0.3) is 5.91 Å². The molecule has 0 bridgehead atoms. The molecule has 0 aliphatic heterocycles. The lowest BCUT2D eigenvalue weighted by Crippen LogP contribution is -2.14. The average molecular weight is 291 g/mol. The van der Waals surface area contributed by atoms with Gasteiger partial charge in [0, 0.05) is 5.69 Å². The standard InChI is InChI=1S/C15H11F2NO3/c1-8-2-4-10(12(16)6-8)14(19)18-9-3-5-11(15(20)21)13(17)7-9/h2-7H,1H3,(H,18,19)(H,20,21). The predicted octanol–water partition coefficient (Wildman–Crippen LogP) is 3.22.